The Labute approximate surface area is 165 Å². The minimum Gasteiger partial charge on any atom is -0.365 e. The van der Waals surface area contributed by atoms with Crippen molar-refractivity contribution in [3.05, 3.63) is 41.2 Å². The number of nitrogens with zero attached hydrogens (tertiary/aromatic N) is 6. The molecule has 7 heteroatoms. The fraction of sp³-hybridized carbons (Fsp3) is 0.450. The molecule has 2 atom stereocenters. The maximum atomic E-state index is 9.09. The first-order chi connectivity index (χ1) is 13.1. The van der Waals surface area contributed by atoms with E-state index in [2.05, 4.69) is 25.8 Å². The van der Waals surface area contributed by atoms with Crippen molar-refractivity contribution in [2.45, 2.75) is 18.9 Å². The fourth-order valence-corrected chi connectivity index (χ4v) is 4.59. The summed E-state index contributed by atoms with van der Waals surface area (Å²) >= 11 is 6.50. The van der Waals surface area contributed by atoms with Crippen molar-refractivity contribution in [1.29, 1.82) is 5.26 Å². The number of piperidine rings is 1. The summed E-state index contributed by atoms with van der Waals surface area (Å²) < 4.78 is 0. The van der Waals surface area contributed by atoms with E-state index in [1.54, 1.807) is 18.5 Å². The molecule has 0 saturated carbocycles. The Morgan fingerprint density at radius 1 is 1.19 bits per heavy atom. The predicted molar refractivity (Wildman–Crippen MR) is 109 cm³/mol. The molecule has 1 aromatic heterocycles. The summed E-state index contributed by atoms with van der Waals surface area (Å²) in [6, 6.07) is 8.14. The van der Waals surface area contributed by atoms with E-state index in [1.807, 2.05) is 31.1 Å². The predicted octanol–water partition coefficient (Wildman–Crippen LogP) is 3.17. The Kier molecular flexibility index (Phi) is 4.79. The molecule has 0 spiro atoms. The maximum absolute atomic E-state index is 9.09. The number of benzene rings is 1. The molecular formula is C20H23ClN6. The van der Waals surface area contributed by atoms with Crippen molar-refractivity contribution in [2.75, 3.05) is 48.4 Å². The molecule has 0 amide bonds. The van der Waals surface area contributed by atoms with Crippen molar-refractivity contribution < 1.29 is 0 Å². The van der Waals surface area contributed by atoms with Crippen LogP contribution in [-0.4, -0.2) is 49.7 Å². The van der Waals surface area contributed by atoms with Crippen LogP contribution in [0.5, 0.6) is 0 Å². The molecule has 140 valence electrons. The third-order valence-electron chi connectivity index (χ3n) is 5.63. The van der Waals surface area contributed by atoms with Crippen molar-refractivity contribution in [2.24, 2.45) is 5.92 Å². The number of hydrogen-bond donors (Lipinski definition) is 0. The van der Waals surface area contributed by atoms with Gasteiger partial charge in [0.1, 0.15) is 0 Å². The summed E-state index contributed by atoms with van der Waals surface area (Å²) in [6.07, 6.45) is 5.82. The number of rotatable bonds is 3. The highest BCUT2D eigenvalue weighted by Crippen LogP contribution is 2.39. The fourth-order valence-electron chi connectivity index (χ4n) is 4.30. The molecule has 2 saturated heterocycles. The van der Waals surface area contributed by atoms with Crippen LogP contribution in [0.4, 0.5) is 17.3 Å². The molecule has 0 bridgehead atoms. The highest BCUT2D eigenvalue weighted by atomic mass is 35.5. The number of hydrogen-bond acceptors (Lipinski definition) is 6. The summed E-state index contributed by atoms with van der Waals surface area (Å²) in [7, 11) is 4.00. The molecule has 4 rings (SSSR count). The van der Waals surface area contributed by atoms with E-state index in [-0.39, 0.29) is 0 Å². The standard InChI is InChI=1S/C20H23ClN6/c1-25(2)19-20(24-8-7-23-19)26-9-5-15-6-10-27(18(15)13-26)17-4-3-14(12-22)11-16(17)21/h3-4,7-8,11,15,18H,5-6,9-10,13H2,1-2H3. The lowest BCUT2D eigenvalue weighted by atomic mass is 9.92. The molecule has 2 aromatic rings. The van der Waals surface area contributed by atoms with Crippen LogP contribution in [0.2, 0.25) is 5.02 Å². The van der Waals surface area contributed by atoms with Crippen LogP contribution < -0.4 is 14.7 Å². The van der Waals surface area contributed by atoms with E-state index in [1.165, 1.54) is 6.42 Å². The van der Waals surface area contributed by atoms with Crippen LogP contribution >= 0.6 is 11.6 Å². The third kappa shape index (κ3) is 3.28. The Morgan fingerprint density at radius 3 is 2.70 bits per heavy atom. The van der Waals surface area contributed by atoms with Gasteiger partial charge in [0.15, 0.2) is 11.6 Å². The van der Waals surface area contributed by atoms with Crippen LogP contribution in [0.25, 0.3) is 0 Å². The molecule has 27 heavy (non-hydrogen) atoms. The summed E-state index contributed by atoms with van der Waals surface area (Å²) in [5.41, 5.74) is 1.62. The largest absolute Gasteiger partial charge is 0.365 e. The number of nitriles is 1. The minimum absolute atomic E-state index is 0.390. The van der Waals surface area contributed by atoms with Gasteiger partial charge in [0.05, 0.1) is 22.3 Å². The van der Waals surface area contributed by atoms with Crippen LogP contribution in [0, 0.1) is 17.2 Å². The van der Waals surface area contributed by atoms with Gasteiger partial charge < -0.3 is 14.7 Å². The monoisotopic (exact) mass is 382 g/mol. The average molecular weight is 383 g/mol. The topological polar surface area (TPSA) is 59.3 Å². The van der Waals surface area contributed by atoms with Gasteiger partial charge >= 0.3 is 0 Å². The molecule has 2 aliphatic rings. The smallest absolute Gasteiger partial charge is 0.172 e. The quantitative estimate of drug-likeness (QED) is 0.812. The van der Waals surface area contributed by atoms with Gasteiger partial charge in [-0.05, 0) is 37.0 Å². The molecule has 3 heterocycles. The van der Waals surface area contributed by atoms with Crippen molar-refractivity contribution in [3.63, 3.8) is 0 Å². The number of halogens is 1. The molecule has 0 N–H and O–H groups in total. The lowest BCUT2D eigenvalue weighted by Crippen LogP contribution is -2.49. The Balaban J connectivity index is 1.61. The second-order valence-corrected chi connectivity index (χ2v) is 7.83. The van der Waals surface area contributed by atoms with Gasteiger partial charge in [0.2, 0.25) is 0 Å². The van der Waals surface area contributed by atoms with Crippen LogP contribution in [-0.2, 0) is 0 Å². The normalized spacial score (nSPS) is 21.7. The summed E-state index contributed by atoms with van der Waals surface area (Å²) in [5.74, 6) is 2.50. The van der Waals surface area contributed by atoms with Crippen molar-refractivity contribution in [1.82, 2.24) is 9.97 Å². The van der Waals surface area contributed by atoms with Gasteiger partial charge in [-0.2, -0.15) is 5.26 Å². The zero-order chi connectivity index (χ0) is 19.0. The summed E-state index contributed by atoms with van der Waals surface area (Å²) in [4.78, 5) is 15.9. The van der Waals surface area contributed by atoms with Gasteiger partial charge in [0, 0.05) is 52.2 Å². The van der Waals surface area contributed by atoms with Gasteiger partial charge in [-0.3, -0.25) is 0 Å². The Bertz CT molecular complexity index is 877. The first kappa shape index (κ1) is 17.9. The SMILES string of the molecule is CN(C)c1nccnc1N1CCC2CCN(c3ccc(C#N)cc3Cl)C2C1. The second-order valence-electron chi connectivity index (χ2n) is 7.42. The van der Waals surface area contributed by atoms with Crippen LogP contribution in [0.3, 0.4) is 0 Å². The van der Waals surface area contributed by atoms with Crippen molar-refractivity contribution >= 4 is 28.9 Å². The first-order valence-corrected chi connectivity index (χ1v) is 9.66. The van der Waals surface area contributed by atoms with E-state index in [0.29, 0.717) is 22.5 Å². The van der Waals surface area contributed by atoms with Crippen LogP contribution in [0.15, 0.2) is 30.6 Å². The minimum atomic E-state index is 0.390. The van der Waals surface area contributed by atoms with E-state index < -0.39 is 0 Å². The van der Waals surface area contributed by atoms with E-state index in [4.69, 9.17) is 16.9 Å². The van der Waals surface area contributed by atoms with Gasteiger partial charge in [-0.25, -0.2) is 9.97 Å². The lowest BCUT2D eigenvalue weighted by Gasteiger charge is -2.40. The molecule has 2 unspecified atom stereocenters. The second kappa shape index (κ2) is 7.24. The van der Waals surface area contributed by atoms with Gasteiger partial charge in [0.25, 0.3) is 0 Å². The molecule has 2 aliphatic heterocycles. The summed E-state index contributed by atoms with van der Waals surface area (Å²) in [5, 5.41) is 9.74. The number of anilines is 3. The zero-order valence-corrected chi connectivity index (χ0v) is 16.4. The number of fused-ring (bicyclic) bond motifs is 1. The molecule has 6 nitrogen and oxygen atoms in total. The molecule has 2 fully saturated rings. The highest BCUT2D eigenvalue weighted by molar-refractivity contribution is 6.33. The van der Waals surface area contributed by atoms with E-state index in [0.717, 1.165) is 43.4 Å². The maximum Gasteiger partial charge on any atom is 0.172 e. The number of aromatic nitrogens is 2. The third-order valence-corrected chi connectivity index (χ3v) is 5.93. The van der Waals surface area contributed by atoms with E-state index >= 15 is 0 Å². The Morgan fingerprint density at radius 2 is 1.96 bits per heavy atom. The van der Waals surface area contributed by atoms with Gasteiger partial charge in [-0.1, -0.05) is 11.6 Å². The average Bonchev–Trinajstić information content (AvgIpc) is 3.10. The summed E-state index contributed by atoms with van der Waals surface area (Å²) in [6.45, 7) is 2.89. The van der Waals surface area contributed by atoms with Gasteiger partial charge in [-0.15, -0.1) is 0 Å². The van der Waals surface area contributed by atoms with E-state index in [9.17, 15) is 0 Å². The molecular weight excluding hydrogens is 360 g/mol. The molecule has 0 aliphatic carbocycles. The lowest BCUT2D eigenvalue weighted by molar-refractivity contribution is 0.389. The Hall–Kier alpha value is -2.52. The first-order valence-electron chi connectivity index (χ1n) is 9.28. The zero-order valence-electron chi connectivity index (χ0n) is 15.6. The highest BCUT2D eigenvalue weighted by Gasteiger charge is 2.40. The molecule has 1 aromatic carbocycles. The van der Waals surface area contributed by atoms with Crippen LogP contribution in [0.1, 0.15) is 18.4 Å². The van der Waals surface area contributed by atoms with Crippen molar-refractivity contribution in [3.8, 4) is 6.07 Å². The molecule has 0 radical (unpaired) electrons.